The molecule has 3 heteroatoms. The van der Waals surface area contributed by atoms with Crippen LogP contribution in [0.15, 0.2) is 48.2 Å². The minimum Gasteiger partial charge on any atom is -0.497 e. The first-order valence-electron chi connectivity index (χ1n) is 5.51. The normalized spacial score (nSPS) is 14.6. The van der Waals surface area contributed by atoms with E-state index in [1.54, 1.807) is 7.11 Å². The summed E-state index contributed by atoms with van der Waals surface area (Å²) >= 11 is 0. The average Bonchev–Trinajstić information content (AvgIpc) is 2.36. The van der Waals surface area contributed by atoms with Crippen LogP contribution in [0, 0.1) is 6.08 Å². The quantitative estimate of drug-likeness (QED) is 0.777. The Morgan fingerprint density at radius 2 is 1.83 bits per heavy atom. The Morgan fingerprint density at radius 1 is 1.22 bits per heavy atom. The largest absolute Gasteiger partial charge is 0.497 e. The molecule has 0 amide bonds. The molecule has 1 radical (unpaired) electrons. The Labute approximate surface area is 134 Å². The third-order valence-corrected chi connectivity index (χ3v) is 2.98. The van der Waals surface area contributed by atoms with Crippen LogP contribution in [0.4, 0.5) is 0 Å². The molecule has 0 saturated carbocycles. The first-order chi connectivity index (χ1) is 8.13. The molecular weight excluding hydrogens is 299 g/mol. The number of likely N-dealkylation sites (N-methyl/N-ethyl adjacent to an activating group) is 1. The molecule has 1 aliphatic heterocycles. The maximum atomic E-state index is 5.15. The Kier molecular flexibility index (Phi) is 5.36. The number of allylic oxidation sites excluding steroid dienone is 3. The van der Waals surface area contributed by atoms with Crippen molar-refractivity contribution in [1.29, 1.82) is 0 Å². The summed E-state index contributed by atoms with van der Waals surface area (Å²) in [6.07, 6.45) is 5.26. The van der Waals surface area contributed by atoms with Crippen LogP contribution in [-0.4, -0.2) is 19.1 Å². The molecular formula is C15H16NOY-. The second kappa shape index (κ2) is 6.35. The van der Waals surface area contributed by atoms with Gasteiger partial charge in [-0.25, -0.2) is 0 Å². The van der Waals surface area contributed by atoms with Crippen LogP contribution in [0.2, 0.25) is 0 Å². The molecule has 0 fully saturated rings. The molecule has 91 valence electrons. The van der Waals surface area contributed by atoms with Crippen LogP contribution in [0.1, 0.15) is 12.5 Å². The van der Waals surface area contributed by atoms with Crippen molar-refractivity contribution >= 4 is 5.70 Å². The maximum Gasteiger partial charge on any atom is 0.116 e. The van der Waals surface area contributed by atoms with Crippen molar-refractivity contribution in [3.05, 3.63) is 59.8 Å². The fraction of sp³-hybridized carbons (Fsp3) is 0.200. The number of hydrogen-bond donors (Lipinski definition) is 0. The van der Waals surface area contributed by atoms with E-state index in [2.05, 4.69) is 17.6 Å². The molecule has 1 heterocycles. The van der Waals surface area contributed by atoms with Gasteiger partial charge in [0, 0.05) is 39.8 Å². The molecule has 0 saturated heterocycles. The van der Waals surface area contributed by atoms with Crippen LogP contribution >= 0.6 is 0 Å². The molecule has 0 spiro atoms. The van der Waals surface area contributed by atoms with Crippen LogP contribution in [0.25, 0.3) is 5.70 Å². The molecule has 0 N–H and O–H groups in total. The maximum absolute atomic E-state index is 5.15. The minimum atomic E-state index is 0. The van der Waals surface area contributed by atoms with Crippen molar-refractivity contribution in [3.8, 4) is 5.75 Å². The monoisotopic (exact) mass is 315 g/mol. The zero-order chi connectivity index (χ0) is 12.4. The molecule has 2 nitrogen and oxygen atoms in total. The van der Waals surface area contributed by atoms with E-state index in [4.69, 9.17) is 4.74 Å². The van der Waals surface area contributed by atoms with Gasteiger partial charge in [-0.05, 0) is 17.8 Å². The summed E-state index contributed by atoms with van der Waals surface area (Å²) in [7, 11) is 3.67. The predicted octanol–water partition coefficient (Wildman–Crippen LogP) is 3.24. The van der Waals surface area contributed by atoms with Gasteiger partial charge in [0.2, 0.25) is 0 Å². The summed E-state index contributed by atoms with van der Waals surface area (Å²) in [4.78, 5) is 2.05. The van der Waals surface area contributed by atoms with Gasteiger partial charge in [0.25, 0.3) is 0 Å². The number of nitrogens with zero attached hydrogens (tertiary/aromatic N) is 1. The van der Waals surface area contributed by atoms with Gasteiger partial charge in [-0.15, -0.1) is 17.7 Å². The first kappa shape index (κ1) is 15.2. The molecule has 0 aliphatic carbocycles. The molecule has 1 aromatic carbocycles. The fourth-order valence-corrected chi connectivity index (χ4v) is 1.78. The topological polar surface area (TPSA) is 12.5 Å². The Hall–Kier alpha value is -0.856. The number of methoxy groups -OCH3 is 1. The molecule has 0 atom stereocenters. The summed E-state index contributed by atoms with van der Waals surface area (Å²) in [6, 6.07) is 7.95. The van der Waals surface area contributed by atoms with Gasteiger partial charge in [0.05, 0.1) is 7.11 Å². The van der Waals surface area contributed by atoms with E-state index in [-0.39, 0.29) is 32.7 Å². The SMILES string of the molecule is C=C1C(C)=C[C-]=C(c2ccc(OC)cc2)N1C.[Y]. The van der Waals surface area contributed by atoms with E-state index in [0.717, 1.165) is 28.3 Å². The first-order valence-corrected chi connectivity index (χ1v) is 5.51. The van der Waals surface area contributed by atoms with E-state index >= 15 is 0 Å². The van der Waals surface area contributed by atoms with Gasteiger partial charge < -0.3 is 9.64 Å². The smallest absolute Gasteiger partial charge is 0.116 e. The van der Waals surface area contributed by atoms with Gasteiger partial charge in [0.1, 0.15) is 5.75 Å². The van der Waals surface area contributed by atoms with Crippen molar-refractivity contribution < 1.29 is 37.4 Å². The minimum absolute atomic E-state index is 0. The molecule has 0 unspecified atom stereocenters. The summed E-state index contributed by atoms with van der Waals surface area (Å²) in [5, 5.41) is 0. The zero-order valence-electron chi connectivity index (χ0n) is 11.0. The number of benzene rings is 1. The van der Waals surface area contributed by atoms with Crippen molar-refractivity contribution in [2.75, 3.05) is 14.2 Å². The van der Waals surface area contributed by atoms with Crippen LogP contribution in [0.5, 0.6) is 5.75 Å². The van der Waals surface area contributed by atoms with Crippen molar-refractivity contribution in [3.63, 3.8) is 0 Å². The van der Waals surface area contributed by atoms with Crippen molar-refractivity contribution in [1.82, 2.24) is 4.90 Å². The molecule has 2 rings (SSSR count). The standard InChI is InChI=1S/C15H16NO.Y/c1-11-5-10-15(16(3)12(11)2)13-6-8-14(17-4)9-7-13;/h5-9H,2H2,1,3-4H3;/q-1;. The van der Waals surface area contributed by atoms with Crippen molar-refractivity contribution in [2.45, 2.75) is 6.92 Å². The predicted molar refractivity (Wildman–Crippen MR) is 70.3 cm³/mol. The van der Waals surface area contributed by atoms with Gasteiger partial charge in [-0.1, -0.05) is 24.8 Å². The van der Waals surface area contributed by atoms with Gasteiger partial charge in [0.15, 0.2) is 0 Å². The van der Waals surface area contributed by atoms with E-state index in [1.807, 2.05) is 44.3 Å². The van der Waals surface area contributed by atoms with E-state index < -0.39 is 0 Å². The summed E-state index contributed by atoms with van der Waals surface area (Å²) in [5.74, 6) is 0.860. The second-order valence-electron chi connectivity index (χ2n) is 4.05. The third-order valence-electron chi connectivity index (χ3n) is 2.98. The van der Waals surface area contributed by atoms with E-state index in [0.29, 0.717) is 0 Å². The number of ether oxygens (including phenoxy) is 1. The second-order valence-corrected chi connectivity index (χ2v) is 4.05. The van der Waals surface area contributed by atoms with Gasteiger partial charge >= 0.3 is 0 Å². The molecule has 1 aromatic rings. The number of hydrogen-bond acceptors (Lipinski definition) is 2. The van der Waals surface area contributed by atoms with E-state index in [9.17, 15) is 0 Å². The van der Waals surface area contributed by atoms with Crippen LogP contribution in [0.3, 0.4) is 0 Å². The summed E-state index contributed by atoms with van der Waals surface area (Å²) < 4.78 is 5.15. The van der Waals surface area contributed by atoms with Gasteiger partial charge in [-0.3, -0.25) is 0 Å². The molecule has 1 aliphatic rings. The van der Waals surface area contributed by atoms with Gasteiger partial charge in [-0.2, -0.15) is 12.2 Å². The summed E-state index contributed by atoms with van der Waals surface area (Å²) in [6.45, 7) is 6.10. The summed E-state index contributed by atoms with van der Waals surface area (Å²) in [5.41, 5.74) is 4.29. The third kappa shape index (κ3) is 2.93. The average molecular weight is 315 g/mol. The fourth-order valence-electron chi connectivity index (χ4n) is 1.78. The Balaban J connectivity index is 0.00000162. The van der Waals surface area contributed by atoms with Crippen LogP contribution < -0.4 is 4.74 Å². The van der Waals surface area contributed by atoms with Crippen molar-refractivity contribution in [2.24, 2.45) is 0 Å². The number of rotatable bonds is 2. The Bertz CT molecular complexity index is 500. The zero-order valence-corrected chi connectivity index (χ0v) is 13.9. The molecule has 0 aromatic heterocycles. The Morgan fingerprint density at radius 3 is 2.39 bits per heavy atom. The molecule has 0 bridgehead atoms. The van der Waals surface area contributed by atoms with E-state index in [1.165, 1.54) is 0 Å². The molecule has 18 heavy (non-hydrogen) atoms. The van der Waals surface area contributed by atoms with Crippen LogP contribution in [-0.2, 0) is 32.7 Å².